The van der Waals surface area contributed by atoms with Crippen molar-refractivity contribution in [3.63, 3.8) is 0 Å². The lowest BCUT2D eigenvalue weighted by Gasteiger charge is -2.39. The predicted octanol–water partition coefficient (Wildman–Crippen LogP) is 8.33. The zero-order valence-electron chi connectivity index (χ0n) is 28.6. The molecule has 3 aliphatic rings. The van der Waals surface area contributed by atoms with Crippen molar-refractivity contribution in [1.82, 2.24) is 14.5 Å². The second-order valence-electron chi connectivity index (χ2n) is 15.7. The third-order valence-corrected chi connectivity index (χ3v) is 16.8. The van der Waals surface area contributed by atoms with Crippen LogP contribution in [0.1, 0.15) is 44.4 Å². The van der Waals surface area contributed by atoms with E-state index in [9.17, 15) is 0 Å². The first-order valence-electron chi connectivity index (χ1n) is 16.5. The lowest BCUT2D eigenvalue weighted by Crippen LogP contribution is -2.47. The number of aromatic nitrogens is 3. The molecule has 14 heteroatoms. The summed E-state index contributed by atoms with van der Waals surface area (Å²) in [5.41, 5.74) is 2.78. The highest BCUT2D eigenvalue weighted by Gasteiger charge is 2.52. The van der Waals surface area contributed by atoms with Crippen LogP contribution >= 0.6 is 27.5 Å². The molecule has 1 N–H and O–H groups in total. The average Bonchev–Trinajstić information content (AvgIpc) is 3.71. The zero-order chi connectivity index (χ0) is 33.9. The summed E-state index contributed by atoms with van der Waals surface area (Å²) in [6.07, 6.45) is 0.487. The Kier molecular flexibility index (Phi) is 9.95. The number of nitrogens with one attached hydrogen (secondary N) is 1. The third kappa shape index (κ3) is 7.47. The van der Waals surface area contributed by atoms with E-state index >= 15 is 4.39 Å². The lowest BCUT2D eigenvalue weighted by atomic mass is 10.1. The van der Waals surface area contributed by atoms with Gasteiger partial charge in [-0.3, -0.25) is 4.57 Å². The monoisotopic (exact) mass is 768 g/mol. The molecule has 0 unspecified atom stereocenters. The second-order valence-corrected chi connectivity index (χ2v) is 27.4. The van der Waals surface area contributed by atoms with E-state index in [1.807, 2.05) is 10.6 Å². The van der Waals surface area contributed by atoms with Crippen molar-refractivity contribution in [2.75, 3.05) is 25.1 Å². The number of halogens is 3. The fraction of sp³-hybridized carbons (Fsp3) is 0.636. The molecule has 4 heterocycles. The molecule has 2 fully saturated rings. The number of anilines is 1. The number of nitrogens with zero attached hydrogens (tertiary/aromatic N) is 3. The first-order valence-corrected chi connectivity index (χ1v) is 24.3. The summed E-state index contributed by atoms with van der Waals surface area (Å²) in [4.78, 5) is 9.74. The van der Waals surface area contributed by atoms with E-state index < -0.39 is 16.4 Å². The molecule has 5 atom stereocenters. The molecular formula is C33H47BrClFN4O5Si2. The van der Waals surface area contributed by atoms with Crippen molar-refractivity contribution in [1.29, 1.82) is 0 Å². The molecule has 9 nitrogen and oxygen atoms in total. The Morgan fingerprint density at radius 3 is 2.47 bits per heavy atom. The van der Waals surface area contributed by atoms with Gasteiger partial charge in [-0.15, -0.1) is 0 Å². The van der Waals surface area contributed by atoms with Gasteiger partial charge in [-0.1, -0.05) is 67.9 Å². The van der Waals surface area contributed by atoms with Gasteiger partial charge in [-0.05, 0) is 60.8 Å². The van der Waals surface area contributed by atoms with Crippen LogP contribution in [0.2, 0.25) is 48.8 Å². The van der Waals surface area contributed by atoms with Crippen LogP contribution in [0.15, 0.2) is 22.7 Å². The van der Waals surface area contributed by atoms with Gasteiger partial charge in [0, 0.05) is 24.7 Å². The smallest absolute Gasteiger partial charge is 0.301 e. The highest BCUT2D eigenvalue weighted by molar-refractivity contribution is 9.10. The molecule has 1 aromatic carbocycles. The van der Waals surface area contributed by atoms with Crippen LogP contribution in [0.25, 0.3) is 11.2 Å². The number of fused-ring (bicyclic) bond motifs is 3. The zero-order valence-corrected chi connectivity index (χ0v) is 32.9. The van der Waals surface area contributed by atoms with Crippen LogP contribution in [-0.2, 0) is 31.8 Å². The highest BCUT2D eigenvalue weighted by atomic mass is 79.9. The molecule has 0 bridgehead atoms. The number of benzene rings is 1. The highest BCUT2D eigenvalue weighted by Crippen LogP contribution is 2.42. The number of imidazole rings is 1. The summed E-state index contributed by atoms with van der Waals surface area (Å²) < 4.78 is 49.5. The second kappa shape index (κ2) is 13.3. The van der Waals surface area contributed by atoms with Gasteiger partial charge in [-0.2, -0.15) is 4.98 Å². The number of ether oxygens (including phenoxy) is 4. The van der Waals surface area contributed by atoms with E-state index in [1.165, 1.54) is 6.07 Å². The molecule has 1 aliphatic carbocycles. The van der Waals surface area contributed by atoms with Crippen LogP contribution in [0, 0.1) is 5.82 Å². The molecular weight excluding hydrogens is 723 g/mol. The van der Waals surface area contributed by atoms with E-state index in [-0.39, 0.29) is 48.0 Å². The minimum Gasteiger partial charge on any atom is -0.456 e. The van der Waals surface area contributed by atoms with Gasteiger partial charge < -0.3 is 28.7 Å². The van der Waals surface area contributed by atoms with Crippen molar-refractivity contribution < 1.29 is 27.8 Å². The fourth-order valence-electron chi connectivity index (χ4n) is 6.16. The van der Waals surface area contributed by atoms with Gasteiger partial charge in [-0.25, -0.2) is 9.37 Å². The van der Waals surface area contributed by atoms with Crippen LogP contribution in [-0.4, -0.2) is 75.2 Å². The number of hydrogen-bond acceptors (Lipinski definition) is 8. The molecule has 2 aromatic heterocycles. The van der Waals surface area contributed by atoms with E-state index in [1.54, 1.807) is 6.07 Å². The maximum absolute atomic E-state index is 15.0. The van der Waals surface area contributed by atoms with Gasteiger partial charge >= 0.3 is 6.01 Å². The molecule has 2 aliphatic heterocycles. The van der Waals surface area contributed by atoms with Crippen molar-refractivity contribution >= 4 is 60.9 Å². The van der Waals surface area contributed by atoms with Crippen LogP contribution in [0.4, 0.5) is 10.2 Å². The summed E-state index contributed by atoms with van der Waals surface area (Å²) in [5.74, 6) is 0.212. The molecule has 6 rings (SSSR count). The van der Waals surface area contributed by atoms with Gasteiger partial charge in [0.25, 0.3) is 0 Å². The number of rotatable bonds is 11. The SMILES string of the molecule is CC(C)(C)[Si](C)(C)O[C@@H]1CO[C@H]2[C@@H]1OC[C@H]2Oc1nc2cc(Cl)c(N[C@H]3CCc4cc(Br)cc(F)c43)nc2n1COCC[Si](C)(C)C. The largest absolute Gasteiger partial charge is 0.456 e. The van der Waals surface area contributed by atoms with Gasteiger partial charge in [0.2, 0.25) is 0 Å². The van der Waals surface area contributed by atoms with Crippen molar-refractivity contribution in [3.8, 4) is 6.01 Å². The maximum atomic E-state index is 15.0. The Morgan fingerprint density at radius 1 is 1.06 bits per heavy atom. The van der Waals surface area contributed by atoms with Gasteiger partial charge in [0.05, 0.1) is 30.4 Å². The summed E-state index contributed by atoms with van der Waals surface area (Å²) >= 11 is 10.2. The summed E-state index contributed by atoms with van der Waals surface area (Å²) in [7, 11) is -3.32. The summed E-state index contributed by atoms with van der Waals surface area (Å²) in [6, 6.07) is 6.38. The molecule has 2 saturated heterocycles. The molecule has 0 amide bonds. The molecule has 0 spiro atoms. The van der Waals surface area contributed by atoms with Crippen LogP contribution in [0.3, 0.4) is 0 Å². The predicted molar refractivity (Wildman–Crippen MR) is 191 cm³/mol. The van der Waals surface area contributed by atoms with Crippen LogP contribution < -0.4 is 10.1 Å². The lowest BCUT2D eigenvalue weighted by molar-refractivity contribution is 0.00687. The Bertz CT molecular complexity index is 1630. The first kappa shape index (κ1) is 35.2. The first-order chi connectivity index (χ1) is 22.0. The van der Waals surface area contributed by atoms with E-state index in [0.717, 1.165) is 28.9 Å². The average molecular weight is 770 g/mol. The maximum Gasteiger partial charge on any atom is 0.301 e. The van der Waals surface area contributed by atoms with Gasteiger partial charge in [0.1, 0.15) is 36.1 Å². The molecule has 0 saturated carbocycles. The Hall–Kier alpha value is -1.59. The number of pyridine rings is 1. The number of aryl methyl sites for hydroxylation is 1. The Morgan fingerprint density at radius 2 is 1.77 bits per heavy atom. The van der Waals surface area contributed by atoms with E-state index in [4.69, 9.17) is 44.9 Å². The van der Waals surface area contributed by atoms with E-state index in [0.29, 0.717) is 53.4 Å². The topological polar surface area (TPSA) is 88.9 Å². The van der Waals surface area contributed by atoms with Crippen molar-refractivity contribution in [2.45, 2.75) is 115 Å². The molecule has 258 valence electrons. The molecule has 0 radical (unpaired) electrons. The normalized spacial score (nSPS) is 24.6. The minimum atomic E-state index is -2.02. The summed E-state index contributed by atoms with van der Waals surface area (Å²) in [6.45, 7) is 19.8. The van der Waals surface area contributed by atoms with Crippen LogP contribution in [0.5, 0.6) is 6.01 Å². The number of hydrogen-bond donors (Lipinski definition) is 1. The Labute approximate surface area is 292 Å². The quantitative estimate of drug-likeness (QED) is 0.154. The Balaban J connectivity index is 1.25. The van der Waals surface area contributed by atoms with E-state index in [2.05, 4.69) is 74.8 Å². The minimum absolute atomic E-state index is 0.0778. The summed E-state index contributed by atoms with van der Waals surface area (Å²) in [5, 5.41) is 3.89. The van der Waals surface area contributed by atoms with Crippen molar-refractivity contribution in [3.05, 3.63) is 44.6 Å². The fourth-order valence-corrected chi connectivity index (χ4v) is 8.90. The molecule has 47 heavy (non-hydrogen) atoms. The van der Waals surface area contributed by atoms with Crippen molar-refractivity contribution in [2.24, 2.45) is 0 Å². The third-order valence-electron chi connectivity index (χ3n) is 9.87. The van der Waals surface area contributed by atoms with Gasteiger partial charge in [0.15, 0.2) is 20.1 Å². The molecule has 3 aromatic rings. The standard InChI is InChI=1S/C33H47BrClFN4O5Si2/c1-33(2,3)47(7,8)45-26-17-43-28-25(16-42-29(26)28)44-32-38-24-15-21(35)30(39-31(24)40(32)18-41-11-12-46(4,5)6)37-23-10-9-19-13-20(34)14-22(36)27(19)23/h13-15,23,25-26,28-29H,9-12,16-18H2,1-8H3,(H,37,39)/t23-,25+,26+,28+,29+/m0/s1.